The predicted octanol–water partition coefficient (Wildman–Crippen LogP) is 3.71. The third kappa shape index (κ3) is 2.27. The average molecular weight is 234 g/mol. The van der Waals surface area contributed by atoms with E-state index in [9.17, 15) is 4.39 Å². The summed E-state index contributed by atoms with van der Waals surface area (Å²) in [4.78, 5) is 0. The molecule has 0 spiro atoms. The molecule has 0 aliphatic heterocycles. The Morgan fingerprint density at radius 3 is 2.57 bits per heavy atom. The first-order valence-corrected chi connectivity index (χ1v) is 4.83. The van der Waals surface area contributed by atoms with Crippen molar-refractivity contribution in [1.29, 1.82) is 0 Å². The van der Waals surface area contributed by atoms with Crippen molar-refractivity contribution in [2.45, 2.75) is 12.5 Å². The lowest BCUT2D eigenvalue weighted by molar-refractivity contribution is 0.584. The van der Waals surface area contributed by atoms with E-state index in [2.05, 4.69) is 6.58 Å². The fourth-order valence-electron chi connectivity index (χ4n) is 1.18. The van der Waals surface area contributed by atoms with Gasteiger partial charge in [-0.3, -0.25) is 0 Å². The number of benzene rings is 1. The SMILES string of the molecule is C=CC[C@H](N)c1c(Cl)ccc(Cl)c1F. The van der Waals surface area contributed by atoms with E-state index in [1.54, 1.807) is 6.08 Å². The quantitative estimate of drug-likeness (QED) is 0.626. The molecule has 0 saturated carbocycles. The van der Waals surface area contributed by atoms with Crippen LogP contribution in [0.25, 0.3) is 0 Å². The van der Waals surface area contributed by atoms with E-state index in [0.29, 0.717) is 11.4 Å². The topological polar surface area (TPSA) is 26.0 Å². The molecule has 1 rings (SSSR count). The molecular formula is C10H10Cl2FN. The first-order valence-electron chi connectivity index (χ1n) is 4.07. The molecule has 4 heteroatoms. The maximum absolute atomic E-state index is 13.5. The third-order valence-electron chi connectivity index (χ3n) is 1.87. The Kier molecular flexibility index (Phi) is 3.93. The van der Waals surface area contributed by atoms with E-state index >= 15 is 0 Å². The van der Waals surface area contributed by atoms with Crippen LogP contribution in [-0.2, 0) is 0 Å². The maximum Gasteiger partial charge on any atom is 0.148 e. The van der Waals surface area contributed by atoms with E-state index < -0.39 is 11.9 Å². The Morgan fingerprint density at radius 1 is 1.43 bits per heavy atom. The van der Waals surface area contributed by atoms with Gasteiger partial charge in [-0.25, -0.2) is 4.39 Å². The molecule has 14 heavy (non-hydrogen) atoms. The summed E-state index contributed by atoms with van der Waals surface area (Å²) < 4.78 is 13.5. The first kappa shape index (κ1) is 11.5. The summed E-state index contributed by atoms with van der Waals surface area (Å²) in [6.07, 6.45) is 2.07. The van der Waals surface area contributed by atoms with E-state index in [1.165, 1.54) is 12.1 Å². The summed E-state index contributed by atoms with van der Waals surface area (Å²) >= 11 is 11.4. The zero-order valence-corrected chi connectivity index (χ0v) is 8.95. The minimum Gasteiger partial charge on any atom is -0.324 e. The molecule has 1 atom stereocenters. The standard InChI is InChI=1S/C10H10Cl2FN/c1-2-3-8(14)9-6(11)4-5-7(12)10(9)13/h2,4-5,8H,1,3,14H2/t8-/m0/s1. The Labute approximate surface area is 92.3 Å². The summed E-state index contributed by atoms with van der Waals surface area (Å²) in [7, 11) is 0. The highest BCUT2D eigenvalue weighted by Crippen LogP contribution is 2.30. The van der Waals surface area contributed by atoms with Gasteiger partial charge < -0.3 is 5.73 Å². The van der Waals surface area contributed by atoms with Crippen molar-refractivity contribution in [3.05, 3.63) is 46.2 Å². The summed E-state index contributed by atoms with van der Waals surface area (Å²) in [5, 5.41) is 0.324. The fourth-order valence-corrected chi connectivity index (χ4v) is 1.63. The number of nitrogens with two attached hydrogens (primary N) is 1. The van der Waals surface area contributed by atoms with E-state index in [4.69, 9.17) is 28.9 Å². The van der Waals surface area contributed by atoms with E-state index in [-0.39, 0.29) is 10.6 Å². The molecule has 0 fully saturated rings. The van der Waals surface area contributed by atoms with Crippen LogP contribution in [0, 0.1) is 5.82 Å². The summed E-state index contributed by atoms with van der Waals surface area (Å²) in [6, 6.07) is 2.44. The molecule has 0 heterocycles. The van der Waals surface area contributed by atoms with Gasteiger partial charge in [-0.15, -0.1) is 6.58 Å². The molecule has 0 bridgehead atoms. The number of hydrogen-bond acceptors (Lipinski definition) is 1. The Hall–Kier alpha value is -0.570. The highest BCUT2D eigenvalue weighted by Gasteiger charge is 2.16. The largest absolute Gasteiger partial charge is 0.324 e. The Bertz CT molecular complexity index is 352. The van der Waals surface area contributed by atoms with Crippen molar-refractivity contribution in [3.63, 3.8) is 0 Å². The molecular weight excluding hydrogens is 224 g/mol. The van der Waals surface area contributed by atoms with E-state index in [1.807, 2.05) is 0 Å². The van der Waals surface area contributed by atoms with Gasteiger partial charge in [-0.1, -0.05) is 29.3 Å². The molecule has 1 nitrogen and oxygen atoms in total. The lowest BCUT2D eigenvalue weighted by Crippen LogP contribution is -2.12. The zero-order chi connectivity index (χ0) is 10.7. The van der Waals surface area contributed by atoms with E-state index in [0.717, 1.165) is 0 Å². The van der Waals surface area contributed by atoms with Gasteiger partial charge in [-0.2, -0.15) is 0 Å². The minimum atomic E-state index is -0.548. The van der Waals surface area contributed by atoms with Gasteiger partial charge in [0.2, 0.25) is 0 Å². The molecule has 0 aliphatic rings. The number of hydrogen-bond donors (Lipinski definition) is 1. The second kappa shape index (κ2) is 4.78. The number of rotatable bonds is 3. The molecule has 1 aromatic rings. The van der Waals surface area contributed by atoms with Crippen LogP contribution in [0.3, 0.4) is 0 Å². The van der Waals surface area contributed by atoms with Gasteiger partial charge in [-0.05, 0) is 18.6 Å². The maximum atomic E-state index is 13.5. The van der Waals surface area contributed by atoms with Crippen LogP contribution in [0.2, 0.25) is 10.0 Å². The molecule has 0 saturated heterocycles. The van der Waals surface area contributed by atoms with Crippen molar-refractivity contribution in [2.75, 3.05) is 0 Å². The molecule has 2 N–H and O–H groups in total. The Morgan fingerprint density at radius 2 is 2.00 bits per heavy atom. The summed E-state index contributed by atoms with van der Waals surface area (Å²) in [5.41, 5.74) is 5.97. The lowest BCUT2D eigenvalue weighted by atomic mass is 10.0. The van der Waals surface area contributed by atoms with Gasteiger partial charge in [0, 0.05) is 16.6 Å². The van der Waals surface area contributed by atoms with Crippen molar-refractivity contribution >= 4 is 23.2 Å². The summed E-state index contributed by atoms with van der Waals surface area (Å²) in [6.45, 7) is 3.53. The molecule has 0 aliphatic carbocycles. The average Bonchev–Trinajstić information content (AvgIpc) is 2.13. The zero-order valence-electron chi connectivity index (χ0n) is 7.43. The molecule has 0 aromatic heterocycles. The second-order valence-corrected chi connectivity index (χ2v) is 3.70. The third-order valence-corrected chi connectivity index (χ3v) is 2.49. The van der Waals surface area contributed by atoms with Crippen LogP contribution in [0.4, 0.5) is 4.39 Å². The highest BCUT2D eigenvalue weighted by molar-refractivity contribution is 6.33. The molecule has 1 aromatic carbocycles. The lowest BCUT2D eigenvalue weighted by Gasteiger charge is -2.13. The van der Waals surface area contributed by atoms with Crippen molar-refractivity contribution in [1.82, 2.24) is 0 Å². The van der Waals surface area contributed by atoms with Crippen LogP contribution >= 0.6 is 23.2 Å². The summed E-state index contributed by atoms with van der Waals surface area (Å²) in [5.74, 6) is -0.548. The van der Waals surface area contributed by atoms with Gasteiger partial charge in [0.25, 0.3) is 0 Å². The molecule has 76 valence electrons. The van der Waals surface area contributed by atoms with Crippen molar-refractivity contribution < 1.29 is 4.39 Å². The van der Waals surface area contributed by atoms with Crippen LogP contribution in [0.15, 0.2) is 24.8 Å². The minimum absolute atomic E-state index is 0.0314. The smallest absolute Gasteiger partial charge is 0.148 e. The highest BCUT2D eigenvalue weighted by atomic mass is 35.5. The van der Waals surface area contributed by atoms with Crippen molar-refractivity contribution in [2.24, 2.45) is 5.73 Å². The first-order chi connectivity index (χ1) is 6.57. The van der Waals surface area contributed by atoms with Crippen LogP contribution in [0.1, 0.15) is 18.0 Å². The van der Waals surface area contributed by atoms with Crippen LogP contribution in [-0.4, -0.2) is 0 Å². The fraction of sp³-hybridized carbons (Fsp3) is 0.200. The van der Waals surface area contributed by atoms with Crippen LogP contribution < -0.4 is 5.73 Å². The van der Waals surface area contributed by atoms with Crippen molar-refractivity contribution in [3.8, 4) is 0 Å². The van der Waals surface area contributed by atoms with Gasteiger partial charge in [0.1, 0.15) is 5.82 Å². The van der Waals surface area contributed by atoms with Crippen LogP contribution in [0.5, 0.6) is 0 Å². The molecule has 0 radical (unpaired) electrons. The second-order valence-electron chi connectivity index (χ2n) is 2.89. The Balaban J connectivity index is 3.17. The molecule has 0 unspecified atom stereocenters. The van der Waals surface area contributed by atoms with Gasteiger partial charge >= 0.3 is 0 Å². The predicted molar refractivity (Wildman–Crippen MR) is 58.2 cm³/mol. The molecule has 0 amide bonds. The van der Waals surface area contributed by atoms with Gasteiger partial charge in [0.15, 0.2) is 0 Å². The number of halogens is 3. The monoisotopic (exact) mass is 233 g/mol. The van der Waals surface area contributed by atoms with Gasteiger partial charge in [0.05, 0.1) is 5.02 Å². The normalized spacial score (nSPS) is 12.6.